The van der Waals surface area contributed by atoms with Crippen LogP contribution in [-0.2, 0) is 17.6 Å². The van der Waals surface area contributed by atoms with Gasteiger partial charge in [-0.15, -0.1) is 0 Å². The van der Waals surface area contributed by atoms with Crippen LogP contribution in [0.25, 0.3) is 0 Å². The minimum atomic E-state index is -0.0236. The maximum absolute atomic E-state index is 11.7. The zero-order valence-corrected chi connectivity index (χ0v) is 11.5. The minimum absolute atomic E-state index is 0.0236. The topological polar surface area (TPSA) is 80.9 Å². The zero-order chi connectivity index (χ0) is 14.2. The van der Waals surface area contributed by atoms with Crippen LogP contribution in [0.5, 0.6) is 0 Å². The van der Waals surface area contributed by atoms with Crippen LogP contribution in [0.4, 0.5) is 5.69 Å². The van der Waals surface area contributed by atoms with Gasteiger partial charge in [0.15, 0.2) is 5.82 Å². The lowest BCUT2D eigenvalue weighted by Gasteiger charge is -2.03. The van der Waals surface area contributed by atoms with E-state index in [9.17, 15) is 4.79 Å². The van der Waals surface area contributed by atoms with Crippen LogP contribution in [0.2, 0.25) is 0 Å². The Morgan fingerprint density at radius 2 is 2.10 bits per heavy atom. The fourth-order valence-corrected chi connectivity index (χ4v) is 1.78. The van der Waals surface area contributed by atoms with E-state index in [0.29, 0.717) is 25.2 Å². The van der Waals surface area contributed by atoms with E-state index in [-0.39, 0.29) is 5.91 Å². The Morgan fingerprint density at radius 1 is 1.30 bits per heavy atom. The van der Waals surface area contributed by atoms with Crippen LogP contribution in [0, 0.1) is 0 Å². The molecule has 20 heavy (non-hydrogen) atoms. The molecule has 0 atom stereocenters. The van der Waals surface area contributed by atoms with Crippen LogP contribution in [0.1, 0.15) is 37.9 Å². The van der Waals surface area contributed by atoms with Crippen molar-refractivity contribution in [2.75, 3.05) is 5.32 Å². The highest BCUT2D eigenvalue weighted by Crippen LogP contribution is 2.07. The van der Waals surface area contributed by atoms with Crippen molar-refractivity contribution in [1.29, 1.82) is 0 Å². The molecule has 2 aromatic rings. The average molecular weight is 274 g/mol. The lowest BCUT2D eigenvalue weighted by Crippen LogP contribution is -2.11. The Hall–Kier alpha value is -2.24. The second-order valence-corrected chi connectivity index (χ2v) is 4.49. The van der Waals surface area contributed by atoms with Gasteiger partial charge < -0.3 is 9.84 Å². The third-order valence-electron chi connectivity index (χ3n) is 2.74. The fraction of sp³-hybridized carbons (Fsp3) is 0.429. The van der Waals surface area contributed by atoms with Gasteiger partial charge in [0.1, 0.15) is 0 Å². The number of aromatic nitrogens is 3. The van der Waals surface area contributed by atoms with E-state index in [4.69, 9.17) is 4.52 Å². The third kappa shape index (κ3) is 4.46. The molecule has 0 aliphatic rings. The predicted octanol–water partition coefficient (Wildman–Crippen LogP) is 2.38. The van der Waals surface area contributed by atoms with Crippen LogP contribution in [0.15, 0.2) is 29.0 Å². The summed E-state index contributed by atoms with van der Waals surface area (Å²) in [5, 5.41) is 6.69. The largest absolute Gasteiger partial charge is 0.339 e. The minimum Gasteiger partial charge on any atom is -0.339 e. The van der Waals surface area contributed by atoms with E-state index in [0.717, 1.165) is 24.4 Å². The molecular formula is C14H18N4O2. The first-order valence-corrected chi connectivity index (χ1v) is 6.79. The first-order chi connectivity index (χ1) is 9.78. The molecule has 1 amide bonds. The molecule has 6 heteroatoms. The molecule has 0 aliphatic heterocycles. The number of carbonyl (C=O) groups excluding carboxylic acids is 1. The number of rotatable bonds is 7. The molecule has 2 aromatic heterocycles. The van der Waals surface area contributed by atoms with Crippen LogP contribution < -0.4 is 5.32 Å². The van der Waals surface area contributed by atoms with Crippen LogP contribution in [-0.4, -0.2) is 21.0 Å². The highest BCUT2D eigenvalue weighted by atomic mass is 16.5. The Morgan fingerprint density at radius 3 is 2.85 bits per heavy atom. The van der Waals surface area contributed by atoms with E-state index in [1.807, 2.05) is 0 Å². The maximum Gasteiger partial charge on any atom is 0.226 e. The van der Waals surface area contributed by atoms with Crippen molar-refractivity contribution in [1.82, 2.24) is 15.1 Å². The van der Waals surface area contributed by atoms with Crippen molar-refractivity contribution in [2.45, 2.75) is 39.0 Å². The fourth-order valence-electron chi connectivity index (χ4n) is 1.78. The normalized spacial score (nSPS) is 10.4. The molecule has 1 N–H and O–H groups in total. The number of anilines is 1. The van der Waals surface area contributed by atoms with Crippen molar-refractivity contribution < 1.29 is 9.32 Å². The molecule has 6 nitrogen and oxygen atoms in total. The summed E-state index contributed by atoms with van der Waals surface area (Å²) in [4.78, 5) is 19.9. The second-order valence-electron chi connectivity index (χ2n) is 4.49. The molecule has 0 aromatic carbocycles. The first kappa shape index (κ1) is 14.2. The summed E-state index contributed by atoms with van der Waals surface area (Å²) in [6, 6.07) is 3.51. The Labute approximate surface area is 117 Å². The number of hydrogen-bond donors (Lipinski definition) is 1. The molecule has 106 valence electrons. The van der Waals surface area contributed by atoms with Crippen molar-refractivity contribution in [3.63, 3.8) is 0 Å². The van der Waals surface area contributed by atoms with Gasteiger partial charge in [-0.2, -0.15) is 4.98 Å². The highest BCUT2D eigenvalue weighted by Gasteiger charge is 2.07. The number of nitrogens with zero attached hydrogens (tertiary/aromatic N) is 3. The van der Waals surface area contributed by atoms with Crippen LogP contribution in [0.3, 0.4) is 0 Å². The van der Waals surface area contributed by atoms with E-state index in [1.165, 1.54) is 0 Å². The van der Waals surface area contributed by atoms with Gasteiger partial charge in [0.05, 0.1) is 0 Å². The molecule has 0 saturated carbocycles. The van der Waals surface area contributed by atoms with E-state index >= 15 is 0 Å². The summed E-state index contributed by atoms with van der Waals surface area (Å²) in [6.45, 7) is 2.07. The van der Waals surface area contributed by atoms with Gasteiger partial charge in [0.2, 0.25) is 11.8 Å². The number of nitrogens with one attached hydrogen (secondary N) is 1. The van der Waals surface area contributed by atoms with Crippen LogP contribution >= 0.6 is 0 Å². The Kier molecular flexibility index (Phi) is 5.23. The molecule has 2 heterocycles. The van der Waals surface area contributed by atoms with Crippen molar-refractivity contribution >= 4 is 11.6 Å². The lowest BCUT2D eigenvalue weighted by atomic mass is 10.2. The molecule has 0 aliphatic carbocycles. The van der Waals surface area contributed by atoms with Gasteiger partial charge in [-0.05, 0) is 25.0 Å². The average Bonchev–Trinajstić information content (AvgIpc) is 2.88. The highest BCUT2D eigenvalue weighted by molar-refractivity contribution is 5.90. The number of aryl methyl sites for hydroxylation is 2. The summed E-state index contributed by atoms with van der Waals surface area (Å²) in [5.74, 6) is 1.32. The monoisotopic (exact) mass is 274 g/mol. The standard InChI is InChI=1S/C14H18N4O2/c1-2-4-12-17-14(20-18-12)6-3-5-13(19)16-11-7-9-15-10-8-11/h7-10H,2-6H2,1H3,(H,15,16,19). The SMILES string of the molecule is CCCc1noc(CCCC(=O)Nc2ccncc2)n1. The number of pyridine rings is 1. The summed E-state index contributed by atoms with van der Waals surface area (Å²) >= 11 is 0. The molecule has 0 radical (unpaired) electrons. The molecule has 2 rings (SSSR count). The summed E-state index contributed by atoms with van der Waals surface area (Å²) in [5.41, 5.74) is 0.757. The molecule has 0 saturated heterocycles. The van der Waals surface area contributed by atoms with Gasteiger partial charge in [-0.25, -0.2) is 0 Å². The number of amides is 1. The lowest BCUT2D eigenvalue weighted by molar-refractivity contribution is -0.116. The van der Waals surface area contributed by atoms with Gasteiger partial charge in [0.25, 0.3) is 0 Å². The van der Waals surface area contributed by atoms with E-state index < -0.39 is 0 Å². The molecule has 0 spiro atoms. The number of carbonyl (C=O) groups is 1. The molecule has 0 fully saturated rings. The van der Waals surface area contributed by atoms with E-state index in [1.54, 1.807) is 24.5 Å². The van der Waals surface area contributed by atoms with Crippen molar-refractivity contribution in [2.24, 2.45) is 0 Å². The second kappa shape index (κ2) is 7.37. The third-order valence-corrected chi connectivity index (χ3v) is 2.74. The van der Waals surface area contributed by atoms with Gasteiger partial charge in [-0.1, -0.05) is 12.1 Å². The van der Waals surface area contributed by atoms with Crippen molar-refractivity contribution in [3.05, 3.63) is 36.2 Å². The molecule has 0 unspecified atom stereocenters. The Bertz CT molecular complexity index is 539. The first-order valence-electron chi connectivity index (χ1n) is 6.79. The maximum atomic E-state index is 11.7. The predicted molar refractivity (Wildman–Crippen MR) is 74.1 cm³/mol. The Balaban J connectivity index is 1.71. The van der Waals surface area contributed by atoms with E-state index in [2.05, 4.69) is 27.4 Å². The number of hydrogen-bond acceptors (Lipinski definition) is 5. The van der Waals surface area contributed by atoms with Gasteiger partial charge >= 0.3 is 0 Å². The van der Waals surface area contributed by atoms with Gasteiger partial charge in [0, 0.05) is 37.3 Å². The van der Waals surface area contributed by atoms with Gasteiger partial charge in [-0.3, -0.25) is 9.78 Å². The molecular weight excluding hydrogens is 256 g/mol. The zero-order valence-electron chi connectivity index (χ0n) is 11.5. The smallest absolute Gasteiger partial charge is 0.226 e. The molecule has 0 bridgehead atoms. The quantitative estimate of drug-likeness (QED) is 0.838. The van der Waals surface area contributed by atoms with Crippen molar-refractivity contribution in [3.8, 4) is 0 Å². The summed E-state index contributed by atoms with van der Waals surface area (Å²) in [6.07, 6.45) is 6.84. The summed E-state index contributed by atoms with van der Waals surface area (Å²) < 4.78 is 5.12. The summed E-state index contributed by atoms with van der Waals surface area (Å²) in [7, 11) is 0.